The number of fused-ring (bicyclic) bond motifs is 1. The molecule has 7 heteroatoms. The molecule has 7 nitrogen and oxygen atoms in total. The molecule has 1 N–H and O–H groups in total. The summed E-state index contributed by atoms with van der Waals surface area (Å²) in [5.74, 6) is 0.470. The number of nitrogens with zero attached hydrogens (tertiary/aromatic N) is 1. The highest BCUT2D eigenvalue weighted by Gasteiger charge is 2.23. The standard InChI is InChI=1S/C21H23NO6/c1-26-17-8-13(9-18(27-2)20(17)28-3)10-19(23)22-7-6-14-4-5-15(21(24)25)11-16(14)12-22/h4-5,8-9,11H,6-7,10,12H2,1-3H3,(H,24,25). The summed E-state index contributed by atoms with van der Waals surface area (Å²) in [5, 5.41) is 9.18. The van der Waals surface area contributed by atoms with Gasteiger partial charge in [0.1, 0.15) is 0 Å². The van der Waals surface area contributed by atoms with Crippen molar-refractivity contribution in [2.45, 2.75) is 19.4 Å². The Morgan fingerprint density at radius 1 is 1.00 bits per heavy atom. The van der Waals surface area contributed by atoms with Gasteiger partial charge in [0.15, 0.2) is 11.5 Å². The highest BCUT2D eigenvalue weighted by atomic mass is 16.5. The Balaban J connectivity index is 1.79. The third-order valence-corrected chi connectivity index (χ3v) is 4.90. The number of rotatable bonds is 6. The summed E-state index contributed by atoms with van der Waals surface area (Å²) in [5.41, 5.74) is 2.95. The zero-order valence-electron chi connectivity index (χ0n) is 16.2. The highest BCUT2D eigenvalue weighted by molar-refractivity contribution is 5.88. The van der Waals surface area contributed by atoms with E-state index in [4.69, 9.17) is 14.2 Å². The van der Waals surface area contributed by atoms with Gasteiger partial charge in [-0.25, -0.2) is 4.79 Å². The van der Waals surface area contributed by atoms with Gasteiger partial charge in [-0.2, -0.15) is 0 Å². The maximum absolute atomic E-state index is 12.8. The topological polar surface area (TPSA) is 85.3 Å². The molecule has 2 aromatic carbocycles. The Kier molecular flexibility index (Phi) is 5.73. The number of benzene rings is 2. The van der Waals surface area contributed by atoms with Crippen molar-refractivity contribution in [3.8, 4) is 17.2 Å². The van der Waals surface area contributed by atoms with Gasteiger partial charge in [-0.1, -0.05) is 6.07 Å². The van der Waals surface area contributed by atoms with Crippen molar-refractivity contribution in [2.75, 3.05) is 27.9 Å². The molecule has 0 spiro atoms. The van der Waals surface area contributed by atoms with E-state index in [1.54, 1.807) is 29.2 Å². The van der Waals surface area contributed by atoms with Gasteiger partial charge in [-0.15, -0.1) is 0 Å². The molecule has 28 heavy (non-hydrogen) atoms. The van der Waals surface area contributed by atoms with Crippen molar-refractivity contribution in [1.29, 1.82) is 0 Å². The molecule has 0 fully saturated rings. The first-order valence-electron chi connectivity index (χ1n) is 8.88. The van der Waals surface area contributed by atoms with E-state index in [9.17, 15) is 14.7 Å². The minimum Gasteiger partial charge on any atom is -0.493 e. The van der Waals surface area contributed by atoms with Crippen LogP contribution < -0.4 is 14.2 Å². The molecule has 0 unspecified atom stereocenters. The maximum Gasteiger partial charge on any atom is 0.335 e. The smallest absolute Gasteiger partial charge is 0.335 e. The fraction of sp³-hybridized carbons (Fsp3) is 0.333. The van der Waals surface area contributed by atoms with Crippen LogP contribution in [0, 0.1) is 0 Å². The van der Waals surface area contributed by atoms with Crippen LogP contribution in [0.15, 0.2) is 30.3 Å². The van der Waals surface area contributed by atoms with Gasteiger partial charge in [0.05, 0.1) is 33.3 Å². The van der Waals surface area contributed by atoms with Gasteiger partial charge < -0.3 is 24.2 Å². The monoisotopic (exact) mass is 385 g/mol. The summed E-state index contributed by atoms with van der Waals surface area (Å²) < 4.78 is 16.0. The van der Waals surface area contributed by atoms with Gasteiger partial charge in [-0.3, -0.25) is 4.79 Å². The van der Waals surface area contributed by atoms with E-state index in [-0.39, 0.29) is 17.9 Å². The molecule has 1 amide bonds. The number of aromatic carboxylic acids is 1. The molecule has 0 radical (unpaired) electrons. The molecule has 0 bridgehead atoms. The zero-order valence-corrected chi connectivity index (χ0v) is 16.2. The molecule has 1 aliphatic heterocycles. The quantitative estimate of drug-likeness (QED) is 0.823. The Hall–Kier alpha value is -3.22. The lowest BCUT2D eigenvalue weighted by Gasteiger charge is -2.29. The molecule has 0 atom stereocenters. The van der Waals surface area contributed by atoms with Gasteiger partial charge in [0.2, 0.25) is 11.7 Å². The van der Waals surface area contributed by atoms with Crippen LogP contribution in [-0.2, 0) is 24.2 Å². The predicted octanol–water partition coefficient (Wildman–Crippen LogP) is 2.54. The number of carboxylic acid groups (broad SMARTS) is 1. The van der Waals surface area contributed by atoms with E-state index in [0.717, 1.165) is 16.7 Å². The number of hydrogen-bond acceptors (Lipinski definition) is 5. The Morgan fingerprint density at radius 2 is 1.68 bits per heavy atom. The summed E-state index contributed by atoms with van der Waals surface area (Å²) in [6, 6.07) is 8.62. The molecule has 0 aromatic heterocycles. The molecule has 2 aromatic rings. The number of carbonyl (C=O) groups excluding carboxylic acids is 1. The number of methoxy groups -OCH3 is 3. The number of carbonyl (C=O) groups is 2. The average Bonchev–Trinajstić information content (AvgIpc) is 2.71. The van der Waals surface area contributed by atoms with Crippen molar-refractivity contribution in [1.82, 2.24) is 4.90 Å². The lowest BCUT2D eigenvalue weighted by atomic mass is 9.97. The van der Waals surface area contributed by atoms with Crippen molar-refractivity contribution in [3.63, 3.8) is 0 Å². The van der Waals surface area contributed by atoms with Gasteiger partial charge in [0.25, 0.3) is 0 Å². The second-order valence-corrected chi connectivity index (χ2v) is 6.56. The minimum absolute atomic E-state index is 0.0411. The number of carboxylic acids is 1. The van der Waals surface area contributed by atoms with E-state index in [1.807, 2.05) is 6.07 Å². The van der Waals surface area contributed by atoms with E-state index in [1.165, 1.54) is 21.3 Å². The van der Waals surface area contributed by atoms with Gasteiger partial charge in [-0.05, 0) is 47.4 Å². The summed E-state index contributed by atoms with van der Waals surface area (Å²) in [6.07, 6.45) is 0.890. The summed E-state index contributed by atoms with van der Waals surface area (Å²) >= 11 is 0. The van der Waals surface area contributed by atoms with E-state index in [2.05, 4.69) is 0 Å². The Labute approximate surface area is 163 Å². The number of hydrogen-bond donors (Lipinski definition) is 1. The van der Waals surface area contributed by atoms with Crippen molar-refractivity contribution < 1.29 is 28.9 Å². The normalized spacial score (nSPS) is 12.9. The van der Waals surface area contributed by atoms with Crippen molar-refractivity contribution >= 4 is 11.9 Å². The zero-order chi connectivity index (χ0) is 20.3. The second-order valence-electron chi connectivity index (χ2n) is 6.56. The third-order valence-electron chi connectivity index (χ3n) is 4.90. The second kappa shape index (κ2) is 8.21. The molecule has 0 saturated carbocycles. The van der Waals surface area contributed by atoms with E-state index in [0.29, 0.717) is 36.8 Å². The summed E-state index contributed by atoms with van der Waals surface area (Å²) in [4.78, 5) is 25.8. The minimum atomic E-state index is -0.969. The van der Waals surface area contributed by atoms with Crippen molar-refractivity contribution in [2.24, 2.45) is 0 Å². The first kappa shape index (κ1) is 19.5. The maximum atomic E-state index is 12.8. The molecular formula is C21H23NO6. The highest BCUT2D eigenvalue weighted by Crippen LogP contribution is 2.38. The van der Waals surface area contributed by atoms with E-state index < -0.39 is 5.97 Å². The van der Waals surface area contributed by atoms with Crippen LogP contribution in [-0.4, -0.2) is 49.8 Å². The number of ether oxygens (including phenoxy) is 3. The fourth-order valence-corrected chi connectivity index (χ4v) is 3.43. The number of amides is 1. The van der Waals surface area contributed by atoms with E-state index >= 15 is 0 Å². The molecule has 148 valence electrons. The van der Waals surface area contributed by atoms with Crippen LogP contribution in [0.4, 0.5) is 0 Å². The molecule has 0 saturated heterocycles. The first-order valence-corrected chi connectivity index (χ1v) is 8.88. The molecule has 1 aliphatic rings. The Bertz CT molecular complexity index is 883. The van der Waals surface area contributed by atoms with Crippen LogP contribution in [0.25, 0.3) is 0 Å². The summed E-state index contributed by atoms with van der Waals surface area (Å²) in [6.45, 7) is 1.00. The van der Waals surface area contributed by atoms with Crippen LogP contribution >= 0.6 is 0 Å². The molecule has 0 aliphatic carbocycles. The SMILES string of the molecule is COc1cc(CC(=O)N2CCc3ccc(C(=O)O)cc3C2)cc(OC)c1OC. The average molecular weight is 385 g/mol. The lowest BCUT2D eigenvalue weighted by Crippen LogP contribution is -2.37. The lowest BCUT2D eigenvalue weighted by molar-refractivity contribution is -0.131. The van der Waals surface area contributed by atoms with Crippen LogP contribution in [0.5, 0.6) is 17.2 Å². The Morgan fingerprint density at radius 3 is 2.25 bits per heavy atom. The predicted molar refractivity (Wildman–Crippen MR) is 102 cm³/mol. The van der Waals surface area contributed by atoms with Crippen LogP contribution in [0.3, 0.4) is 0 Å². The van der Waals surface area contributed by atoms with Gasteiger partial charge in [0, 0.05) is 13.1 Å². The molecule has 3 rings (SSSR count). The molecular weight excluding hydrogens is 362 g/mol. The first-order chi connectivity index (χ1) is 13.5. The molecule has 1 heterocycles. The van der Waals surface area contributed by atoms with Crippen molar-refractivity contribution in [3.05, 3.63) is 52.6 Å². The van der Waals surface area contributed by atoms with Crippen LogP contribution in [0.2, 0.25) is 0 Å². The van der Waals surface area contributed by atoms with Gasteiger partial charge >= 0.3 is 5.97 Å². The van der Waals surface area contributed by atoms with Crippen LogP contribution in [0.1, 0.15) is 27.0 Å². The third kappa shape index (κ3) is 3.88. The largest absolute Gasteiger partial charge is 0.493 e. The fourth-order valence-electron chi connectivity index (χ4n) is 3.43. The summed E-state index contributed by atoms with van der Waals surface area (Å²) in [7, 11) is 4.59.